The minimum atomic E-state index is -0.143. The van der Waals surface area contributed by atoms with Crippen molar-refractivity contribution >= 4 is 28.9 Å². The summed E-state index contributed by atoms with van der Waals surface area (Å²) in [7, 11) is 0. The van der Waals surface area contributed by atoms with Crippen LogP contribution in [0.4, 0.5) is 11.4 Å². The van der Waals surface area contributed by atoms with Crippen LogP contribution in [0.15, 0.2) is 30.5 Å². The Labute approximate surface area is 103 Å². The molecule has 1 amide bonds. The number of nitrogen functional groups attached to an aromatic ring is 1. The van der Waals surface area contributed by atoms with Crippen LogP contribution < -0.4 is 11.1 Å². The summed E-state index contributed by atoms with van der Waals surface area (Å²) in [4.78, 5) is 11.6. The van der Waals surface area contributed by atoms with Crippen LogP contribution in [0.1, 0.15) is 5.69 Å². The normalized spacial score (nSPS) is 10.2. The Hall–Kier alpha value is -2.01. The molecule has 2 aromatic rings. The molecule has 5 nitrogen and oxygen atoms in total. The Morgan fingerprint density at radius 3 is 2.94 bits per heavy atom. The Balaban J connectivity index is 2.00. The SMILES string of the molecule is Nc1ccc(NC(=O)Cc2ccn[nH]2)cc1Cl. The van der Waals surface area contributed by atoms with E-state index < -0.39 is 0 Å². The minimum absolute atomic E-state index is 0.143. The number of carbonyl (C=O) groups is 1. The summed E-state index contributed by atoms with van der Waals surface area (Å²) >= 11 is 5.85. The molecule has 0 bridgehead atoms. The highest BCUT2D eigenvalue weighted by molar-refractivity contribution is 6.33. The molecule has 0 unspecified atom stereocenters. The van der Waals surface area contributed by atoms with Crippen LogP contribution in [0.25, 0.3) is 0 Å². The molecule has 4 N–H and O–H groups in total. The summed E-state index contributed by atoms with van der Waals surface area (Å²) in [6, 6.07) is 6.71. The van der Waals surface area contributed by atoms with Crippen molar-refractivity contribution in [2.24, 2.45) is 0 Å². The van der Waals surface area contributed by atoms with Crippen LogP contribution in [0.2, 0.25) is 5.02 Å². The maximum Gasteiger partial charge on any atom is 0.230 e. The lowest BCUT2D eigenvalue weighted by molar-refractivity contribution is -0.115. The van der Waals surface area contributed by atoms with Gasteiger partial charge in [0.2, 0.25) is 5.91 Å². The number of halogens is 1. The van der Waals surface area contributed by atoms with Gasteiger partial charge in [0.15, 0.2) is 0 Å². The number of carbonyl (C=O) groups excluding carboxylic acids is 1. The molecule has 0 aliphatic rings. The zero-order valence-corrected chi connectivity index (χ0v) is 9.66. The molecule has 0 radical (unpaired) electrons. The molecule has 88 valence electrons. The average Bonchev–Trinajstić information content (AvgIpc) is 2.76. The van der Waals surface area contributed by atoms with Gasteiger partial charge in [-0.25, -0.2) is 0 Å². The lowest BCUT2D eigenvalue weighted by atomic mass is 10.2. The molecule has 0 saturated heterocycles. The Morgan fingerprint density at radius 2 is 2.29 bits per heavy atom. The zero-order chi connectivity index (χ0) is 12.3. The molecule has 1 heterocycles. The van der Waals surface area contributed by atoms with Crippen molar-refractivity contribution in [3.05, 3.63) is 41.2 Å². The largest absolute Gasteiger partial charge is 0.398 e. The monoisotopic (exact) mass is 250 g/mol. The number of nitrogens with one attached hydrogen (secondary N) is 2. The van der Waals surface area contributed by atoms with Crippen molar-refractivity contribution in [2.45, 2.75) is 6.42 Å². The van der Waals surface area contributed by atoms with Gasteiger partial charge in [-0.3, -0.25) is 9.89 Å². The highest BCUT2D eigenvalue weighted by atomic mass is 35.5. The number of anilines is 2. The number of H-pyrrole nitrogens is 1. The molecule has 0 aliphatic heterocycles. The predicted molar refractivity (Wildman–Crippen MR) is 66.8 cm³/mol. The highest BCUT2D eigenvalue weighted by Crippen LogP contribution is 2.22. The van der Waals surface area contributed by atoms with Crippen molar-refractivity contribution in [3.8, 4) is 0 Å². The van der Waals surface area contributed by atoms with Crippen LogP contribution in [-0.2, 0) is 11.2 Å². The number of aromatic amines is 1. The third-order valence-electron chi connectivity index (χ3n) is 2.19. The number of nitrogens with zero attached hydrogens (tertiary/aromatic N) is 1. The van der Waals surface area contributed by atoms with Crippen molar-refractivity contribution in [3.63, 3.8) is 0 Å². The fourth-order valence-corrected chi connectivity index (χ4v) is 1.55. The van der Waals surface area contributed by atoms with Gasteiger partial charge in [-0.2, -0.15) is 5.10 Å². The number of benzene rings is 1. The molecular formula is C11H11ClN4O. The molecule has 1 aromatic carbocycles. The number of hydrogen-bond acceptors (Lipinski definition) is 3. The van der Waals surface area contributed by atoms with Crippen molar-refractivity contribution in [1.82, 2.24) is 10.2 Å². The van der Waals surface area contributed by atoms with E-state index in [0.29, 0.717) is 16.4 Å². The first-order chi connectivity index (χ1) is 8.15. The molecule has 0 fully saturated rings. The van der Waals surface area contributed by atoms with Crippen molar-refractivity contribution in [1.29, 1.82) is 0 Å². The summed E-state index contributed by atoms with van der Waals surface area (Å²) in [5.74, 6) is -0.143. The van der Waals surface area contributed by atoms with E-state index in [1.54, 1.807) is 30.5 Å². The van der Waals surface area contributed by atoms with Crippen LogP contribution in [0, 0.1) is 0 Å². The fraction of sp³-hybridized carbons (Fsp3) is 0.0909. The van der Waals surface area contributed by atoms with E-state index in [9.17, 15) is 4.79 Å². The summed E-state index contributed by atoms with van der Waals surface area (Å²) in [6.07, 6.45) is 1.84. The quantitative estimate of drug-likeness (QED) is 0.727. The van der Waals surface area contributed by atoms with Crippen LogP contribution in [-0.4, -0.2) is 16.1 Å². The van der Waals surface area contributed by atoms with E-state index in [0.717, 1.165) is 5.69 Å². The number of rotatable bonds is 3. The Bertz CT molecular complexity index is 524. The van der Waals surface area contributed by atoms with E-state index >= 15 is 0 Å². The third kappa shape index (κ3) is 2.98. The summed E-state index contributed by atoms with van der Waals surface area (Å²) in [5.41, 5.74) is 7.43. The average molecular weight is 251 g/mol. The Morgan fingerprint density at radius 1 is 1.47 bits per heavy atom. The van der Waals surface area contributed by atoms with Gasteiger partial charge >= 0.3 is 0 Å². The van der Waals surface area contributed by atoms with E-state index in [1.807, 2.05) is 0 Å². The number of hydrogen-bond donors (Lipinski definition) is 3. The number of nitrogens with two attached hydrogens (primary N) is 1. The lowest BCUT2D eigenvalue weighted by Gasteiger charge is -2.05. The van der Waals surface area contributed by atoms with E-state index in [-0.39, 0.29) is 12.3 Å². The molecule has 1 aromatic heterocycles. The van der Waals surface area contributed by atoms with E-state index in [2.05, 4.69) is 15.5 Å². The smallest absolute Gasteiger partial charge is 0.230 e. The predicted octanol–water partition coefficient (Wildman–Crippen LogP) is 1.83. The standard InChI is InChI=1S/C11H11ClN4O/c12-9-5-7(1-2-10(9)13)15-11(17)6-8-3-4-14-16-8/h1-5H,6,13H2,(H,14,16)(H,15,17). The van der Waals surface area contributed by atoms with Crippen molar-refractivity contribution in [2.75, 3.05) is 11.1 Å². The van der Waals surface area contributed by atoms with Gasteiger partial charge in [0.05, 0.1) is 17.1 Å². The van der Waals surface area contributed by atoms with Gasteiger partial charge in [-0.1, -0.05) is 11.6 Å². The second-order valence-electron chi connectivity index (χ2n) is 3.54. The topological polar surface area (TPSA) is 83.8 Å². The van der Waals surface area contributed by atoms with Crippen LogP contribution >= 0.6 is 11.6 Å². The van der Waals surface area contributed by atoms with E-state index in [4.69, 9.17) is 17.3 Å². The van der Waals surface area contributed by atoms with Gasteiger partial charge in [-0.05, 0) is 24.3 Å². The molecule has 0 spiro atoms. The molecule has 0 saturated carbocycles. The van der Waals surface area contributed by atoms with Gasteiger partial charge < -0.3 is 11.1 Å². The zero-order valence-electron chi connectivity index (χ0n) is 8.90. The summed E-state index contributed by atoms with van der Waals surface area (Å²) < 4.78 is 0. The first kappa shape index (κ1) is 11.5. The van der Waals surface area contributed by atoms with Crippen molar-refractivity contribution < 1.29 is 4.79 Å². The second kappa shape index (κ2) is 4.88. The summed E-state index contributed by atoms with van der Waals surface area (Å²) in [6.45, 7) is 0. The van der Waals surface area contributed by atoms with Crippen LogP contribution in [0.3, 0.4) is 0 Å². The van der Waals surface area contributed by atoms with Gasteiger partial charge in [-0.15, -0.1) is 0 Å². The maximum atomic E-state index is 11.6. The number of aromatic nitrogens is 2. The highest BCUT2D eigenvalue weighted by Gasteiger charge is 2.06. The second-order valence-corrected chi connectivity index (χ2v) is 3.95. The van der Waals surface area contributed by atoms with Crippen LogP contribution in [0.5, 0.6) is 0 Å². The first-order valence-electron chi connectivity index (χ1n) is 4.98. The first-order valence-corrected chi connectivity index (χ1v) is 5.36. The van der Waals surface area contributed by atoms with Gasteiger partial charge in [0, 0.05) is 17.6 Å². The van der Waals surface area contributed by atoms with Gasteiger partial charge in [0.25, 0.3) is 0 Å². The molecule has 17 heavy (non-hydrogen) atoms. The molecule has 0 atom stereocenters. The number of amides is 1. The fourth-order valence-electron chi connectivity index (χ4n) is 1.37. The molecule has 2 rings (SSSR count). The minimum Gasteiger partial charge on any atom is -0.398 e. The maximum absolute atomic E-state index is 11.6. The summed E-state index contributed by atoms with van der Waals surface area (Å²) in [5, 5.41) is 9.62. The molecular weight excluding hydrogens is 240 g/mol. The Kier molecular flexibility index (Phi) is 3.30. The van der Waals surface area contributed by atoms with Gasteiger partial charge in [0.1, 0.15) is 0 Å². The third-order valence-corrected chi connectivity index (χ3v) is 2.52. The lowest BCUT2D eigenvalue weighted by Crippen LogP contribution is -2.14. The molecule has 0 aliphatic carbocycles. The van der Waals surface area contributed by atoms with E-state index in [1.165, 1.54) is 0 Å². The molecule has 6 heteroatoms.